The summed E-state index contributed by atoms with van der Waals surface area (Å²) in [5.41, 5.74) is 10.4. The molecular formula is C44H48N2. The number of hydrogen-bond acceptors (Lipinski definition) is 2. The molecule has 0 saturated carbocycles. The number of nitrogens with zero attached hydrogens (tertiary/aromatic N) is 2. The number of fused-ring (bicyclic) bond motifs is 5. The minimum atomic E-state index is 0.464. The lowest BCUT2D eigenvalue weighted by Crippen LogP contribution is -2.41. The van der Waals surface area contributed by atoms with Crippen molar-refractivity contribution in [3.05, 3.63) is 155 Å². The maximum atomic E-state index is 2.66. The highest BCUT2D eigenvalue weighted by Crippen LogP contribution is 2.47. The van der Waals surface area contributed by atoms with Crippen LogP contribution >= 0.6 is 0 Å². The van der Waals surface area contributed by atoms with Crippen molar-refractivity contribution >= 4 is 10.8 Å². The van der Waals surface area contributed by atoms with Gasteiger partial charge in [0, 0.05) is 13.1 Å². The van der Waals surface area contributed by atoms with Gasteiger partial charge in [-0.15, -0.1) is 0 Å². The zero-order valence-electron chi connectivity index (χ0n) is 27.3. The van der Waals surface area contributed by atoms with Crippen molar-refractivity contribution < 1.29 is 0 Å². The van der Waals surface area contributed by atoms with Crippen molar-refractivity contribution in [3.8, 4) is 0 Å². The number of aryl methyl sites for hydroxylation is 2. The first-order valence-corrected chi connectivity index (χ1v) is 17.8. The van der Waals surface area contributed by atoms with Crippen LogP contribution in [0.15, 0.2) is 121 Å². The van der Waals surface area contributed by atoms with Gasteiger partial charge in [-0.25, -0.2) is 0 Å². The minimum Gasteiger partial charge on any atom is -0.299 e. The Balaban J connectivity index is 0.000000138. The first kappa shape index (κ1) is 29.7. The van der Waals surface area contributed by atoms with Crippen LogP contribution < -0.4 is 0 Å². The van der Waals surface area contributed by atoms with Gasteiger partial charge in [-0.05, 0) is 133 Å². The fourth-order valence-electron chi connectivity index (χ4n) is 9.36. The van der Waals surface area contributed by atoms with Crippen molar-refractivity contribution in [2.75, 3.05) is 26.2 Å². The van der Waals surface area contributed by atoms with Crippen molar-refractivity contribution in [1.82, 2.24) is 9.80 Å². The second kappa shape index (κ2) is 12.8. The molecule has 2 heteroatoms. The number of piperidine rings is 2. The Kier molecular flexibility index (Phi) is 8.27. The zero-order valence-corrected chi connectivity index (χ0v) is 27.3. The molecule has 0 atom stereocenters. The molecular weight excluding hydrogens is 556 g/mol. The van der Waals surface area contributed by atoms with E-state index in [1.807, 2.05) is 0 Å². The second-order valence-corrected chi connectivity index (χ2v) is 14.6. The minimum absolute atomic E-state index is 0.464. The van der Waals surface area contributed by atoms with Crippen LogP contribution in [0.1, 0.15) is 71.9 Å². The molecule has 0 amide bonds. The molecule has 2 spiro atoms. The summed E-state index contributed by atoms with van der Waals surface area (Å²) in [5.74, 6) is 0. The third kappa shape index (κ3) is 5.83. The van der Waals surface area contributed by atoms with E-state index in [4.69, 9.17) is 0 Å². The van der Waals surface area contributed by atoms with Crippen LogP contribution in [0, 0.1) is 0 Å². The average Bonchev–Trinajstić information content (AvgIpc) is 3.66. The highest BCUT2D eigenvalue weighted by Gasteiger charge is 2.41. The normalized spacial score (nSPS) is 19.9. The van der Waals surface area contributed by atoms with Gasteiger partial charge in [0.15, 0.2) is 0 Å². The molecule has 2 saturated heterocycles. The SMILES string of the molecule is c1ccc(CN2CCC3(CCc4ccccc43)CC2)cc1.c1ccc2c(c1)CCC21CCN(Cc2cccc3ccccc23)CC1. The van der Waals surface area contributed by atoms with E-state index >= 15 is 0 Å². The highest BCUT2D eigenvalue weighted by atomic mass is 15.1. The predicted octanol–water partition coefficient (Wildman–Crippen LogP) is 9.49. The monoisotopic (exact) mass is 604 g/mol. The summed E-state index contributed by atoms with van der Waals surface area (Å²) < 4.78 is 0. The standard InChI is InChI=1S/C24H25N.C20H23N/c1-3-10-22-19(6-1)8-5-9-21(22)18-25-16-14-24(15-17-25)13-12-20-7-2-4-11-23(20)24;1-2-6-17(7-3-1)16-21-14-12-20(13-15-21)11-10-18-8-4-5-9-19(18)20/h1-11H,12-18H2;1-9H,10-16H2. The Labute approximate surface area is 276 Å². The van der Waals surface area contributed by atoms with Gasteiger partial charge in [-0.1, -0.05) is 121 Å². The molecule has 9 rings (SSSR count). The zero-order chi connectivity index (χ0) is 30.8. The lowest BCUT2D eigenvalue weighted by molar-refractivity contribution is 0.152. The first-order valence-electron chi connectivity index (χ1n) is 17.8. The molecule has 2 fully saturated rings. The van der Waals surface area contributed by atoms with E-state index in [9.17, 15) is 0 Å². The molecule has 0 bridgehead atoms. The summed E-state index contributed by atoms with van der Waals surface area (Å²) in [5, 5.41) is 2.77. The van der Waals surface area contributed by atoms with E-state index in [0.29, 0.717) is 10.8 Å². The van der Waals surface area contributed by atoms with Crippen LogP contribution in [0.4, 0.5) is 0 Å². The van der Waals surface area contributed by atoms with Crippen molar-refractivity contribution in [1.29, 1.82) is 0 Å². The Morgan fingerprint density at radius 2 is 0.935 bits per heavy atom. The van der Waals surface area contributed by atoms with Crippen molar-refractivity contribution in [2.45, 2.75) is 75.3 Å². The van der Waals surface area contributed by atoms with Crippen molar-refractivity contribution in [2.24, 2.45) is 0 Å². The molecule has 0 radical (unpaired) electrons. The van der Waals surface area contributed by atoms with Gasteiger partial charge < -0.3 is 0 Å². The first-order chi connectivity index (χ1) is 22.7. The second-order valence-electron chi connectivity index (χ2n) is 14.6. The number of likely N-dealkylation sites (tertiary alicyclic amines) is 2. The van der Waals surface area contributed by atoms with Gasteiger partial charge in [0.2, 0.25) is 0 Å². The lowest BCUT2D eigenvalue weighted by atomic mass is 9.74. The van der Waals surface area contributed by atoms with E-state index in [-0.39, 0.29) is 0 Å². The molecule has 0 aromatic heterocycles. The molecule has 2 heterocycles. The van der Waals surface area contributed by atoms with Crippen LogP contribution in [-0.2, 0) is 36.8 Å². The van der Waals surface area contributed by atoms with Gasteiger partial charge in [-0.3, -0.25) is 9.80 Å². The van der Waals surface area contributed by atoms with E-state index in [1.54, 1.807) is 22.3 Å². The largest absolute Gasteiger partial charge is 0.299 e. The summed E-state index contributed by atoms with van der Waals surface area (Å²) in [6.07, 6.45) is 10.6. The molecule has 234 valence electrons. The summed E-state index contributed by atoms with van der Waals surface area (Å²) in [6.45, 7) is 7.11. The number of hydrogen-bond donors (Lipinski definition) is 0. The molecule has 5 aromatic rings. The van der Waals surface area contributed by atoms with Crippen LogP contribution in [0.25, 0.3) is 10.8 Å². The Bertz CT molecular complexity index is 1770. The van der Waals surface area contributed by atoms with Crippen LogP contribution in [0.5, 0.6) is 0 Å². The molecule has 46 heavy (non-hydrogen) atoms. The smallest absolute Gasteiger partial charge is 0.0239 e. The van der Waals surface area contributed by atoms with Gasteiger partial charge in [-0.2, -0.15) is 0 Å². The molecule has 0 N–H and O–H groups in total. The van der Waals surface area contributed by atoms with Gasteiger partial charge in [0.25, 0.3) is 0 Å². The van der Waals surface area contributed by atoms with E-state index in [1.165, 1.54) is 99.4 Å². The molecule has 2 nitrogen and oxygen atoms in total. The topological polar surface area (TPSA) is 6.48 Å². The van der Waals surface area contributed by atoms with Crippen LogP contribution in [0.3, 0.4) is 0 Å². The van der Waals surface area contributed by atoms with Crippen LogP contribution in [0.2, 0.25) is 0 Å². The third-order valence-electron chi connectivity index (χ3n) is 12.1. The fraction of sp³-hybridized carbons (Fsp3) is 0.364. The van der Waals surface area contributed by atoms with Gasteiger partial charge >= 0.3 is 0 Å². The molecule has 2 aliphatic carbocycles. The maximum Gasteiger partial charge on any atom is 0.0239 e. The third-order valence-corrected chi connectivity index (χ3v) is 12.1. The highest BCUT2D eigenvalue weighted by molar-refractivity contribution is 5.85. The lowest BCUT2D eigenvalue weighted by Gasteiger charge is -2.40. The van der Waals surface area contributed by atoms with Crippen molar-refractivity contribution in [3.63, 3.8) is 0 Å². The number of benzene rings is 5. The predicted molar refractivity (Wildman–Crippen MR) is 192 cm³/mol. The van der Waals surface area contributed by atoms with Gasteiger partial charge in [0.05, 0.1) is 0 Å². The van der Waals surface area contributed by atoms with E-state index < -0.39 is 0 Å². The Hall–Kier alpha value is -3.72. The molecule has 5 aromatic carbocycles. The molecule has 0 unspecified atom stereocenters. The fourth-order valence-corrected chi connectivity index (χ4v) is 9.36. The Morgan fingerprint density at radius 3 is 1.57 bits per heavy atom. The molecule has 4 aliphatic rings. The summed E-state index contributed by atoms with van der Waals surface area (Å²) in [7, 11) is 0. The summed E-state index contributed by atoms with van der Waals surface area (Å²) >= 11 is 0. The van der Waals surface area contributed by atoms with E-state index in [2.05, 4.69) is 131 Å². The quantitative estimate of drug-likeness (QED) is 0.202. The summed E-state index contributed by atoms with van der Waals surface area (Å²) in [4.78, 5) is 5.29. The van der Waals surface area contributed by atoms with Gasteiger partial charge in [0.1, 0.15) is 0 Å². The summed E-state index contributed by atoms with van der Waals surface area (Å²) in [6, 6.07) is 44.7. The van der Waals surface area contributed by atoms with E-state index in [0.717, 1.165) is 13.1 Å². The van der Waals surface area contributed by atoms with Crippen LogP contribution in [-0.4, -0.2) is 36.0 Å². The average molecular weight is 605 g/mol. The molecule has 2 aliphatic heterocycles. The maximum absolute atomic E-state index is 2.66. The number of rotatable bonds is 4. The Morgan fingerprint density at radius 1 is 0.435 bits per heavy atom.